The zero-order valence-electron chi connectivity index (χ0n) is 11.5. The van der Waals surface area contributed by atoms with Gasteiger partial charge in [-0.3, -0.25) is 4.68 Å². The van der Waals surface area contributed by atoms with Crippen molar-refractivity contribution < 1.29 is 5.11 Å². The number of hydrogen-bond donors (Lipinski definition) is 2. The third-order valence-corrected chi connectivity index (χ3v) is 3.41. The van der Waals surface area contributed by atoms with Crippen LogP contribution in [0.4, 0.5) is 0 Å². The highest BCUT2D eigenvalue weighted by molar-refractivity contribution is 6.30. The molecule has 0 spiro atoms. The van der Waals surface area contributed by atoms with E-state index < -0.39 is 0 Å². The molecular weight excluding hydrogens is 250 g/mol. The third kappa shape index (κ3) is 4.59. The van der Waals surface area contributed by atoms with Crippen molar-refractivity contribution in [3.63, 3.8) is 0 Å². The number of aromatic nitrogens is 2. The Morgan fingerprint density at radius 1 is 1.56 bits per heavy atom. The third-order valence-electron chi connectivity index (χ3n) is 3.22. The molecule has 4 nitrogen and oxygen atoms in total. The largest absolute Gasteiger partial charge is 0.394 e. The first kappa shape index (κ1) is 15.5. The molecule has 5 heteroatoms. The zero-order valence-corrected chi connectivity index (χ0v) is 12.2. The Morgan fingerprint density at radius 3 is 2.72 bits per heavy atom. The first-order chi connectivity index (χ1) is 8.51. The second-order valence-corrected chi connectivity index (χ2v) is 5.55. The van der Waals surface area contributed by atoms with Gasteiger partial charge in [0, 0.05) is 24.3 Å². The van der Waals surface area contributed by atoms with Gasteiger partial charge in [0.15, 0.2) is 0 Å². The maximum absolute atomic E-state index is 9.62. The van der Waals surface area contributed by atoms with Crippen molar-refractivity contribution in [3.8, 4) is 0 Å². The van der Waals surface area contributed by atoms with Crippen LogP contribution in [0.5, 0.6) is 0 Å². The fraction of sp³-hybridized carbons (Fsp3) is 0.769. The predicted octanol–water partition coefficient (Wildman–Crippen LogP) is 2.46. The molecule has 0 aromatic carbocycles. The van der Waals surface area contributed by atoms with Gasteiger partial charge in [0.25, 0.3) is 0 Å². The number of hydrogen-bond acceptors (Lipinski definition) is 3. The van der Waals surface area contributed by atoms with E-state index in [4.69, 9.17) is 11.6 Å². The van der Waals surface area contributed by atoms with E-state index in [1.165, 1.54) is 0 Å². The molecule has 2 N–H and O–H groups in total. The van der Waals surface area contributed by atoms with Gasteiger partial charge in [0.2, 0.25) is 0 Å². The van der Waals surface area contributed by atoms with Gasteiger partial charge in [-0.15, -0.1) is 0 Å². The molecular formula is C13H24ClN3O. The summed E-state index contributed by atoms with van der Waals surface area (Å²) in [6, 6.07) is 0.372. The van der Waals surface area contributed by atoms with E-state index in [2.05, 4.69) is 31.2 Å². The Bertz CT molecular complexity index is 348. The van der Waals surface area contributed by atoms with Crippen LogP contribution < -0.4 is 5.32 Å². The van der Waals surface area contributed by atoms with Crippen LogP contribution in [0.1, 0.15) is 40.0 Å². The number of nitrogens with zero attached hydrogens (tertiary/aromatic N) is 2. The van der Waals surface area contributed by atoms with Crippen molar-refractivity contribution in [1.29, 1.82) is 0 Å². The fourth-order valence-corrected chi connectivity index (χ4v) is 2.40. The highest BCUT2D eigenvalue weighted by Gasteiger charge is 2.27. The van der Waals surface area contributed by atoms with Crippen LogP contribution in [0.15, 0.2) is 12.4 Å². The Kier molecular flexibility index (Phi) is 6.12. The molecule has 0 aliphatic rings. The highest BCUT2D eigenvalue weighted by atomic mass is 35.5. The highest BCUT2D eigenvalue weighted by Crippen LogP contribution is 2.18. The summed E-state index contributed by atoms with van der Waals surface area (Å²) in [7, 11) is 0. The van der Waals surface area contributed by atoms with Gasteiger partial charge >= 0.3 is 0 Å². The molecule has 1 unspecified atom stereocenters. The van der Waals surface area contributed by atoms with E-state index in [1.54, 1.807) is 6.20 Å². The molecule has 0 aliphatic carbocycles. The molecule has 0 amide bonds. The van der Waals surface area contributed by atoms with E-state index in [-0.39, 0.29) is 12.1 Å². The quantitative estimate of drug-likeness (QED) is 0.765. The predicted molar refractivity (Wildman–Crippen MR) is 74.9 cm³/mol. The van der Waals surface area contributed by atoms with Gasteiger partial charge < -0.3 is 10.4 Å². The number of aliphatic hydroxyl groups is 1. The molecule has 0 saturated carbocycles. The maximum Gasteiger partial charge on any atom is 0.0785 e. The first-order valence-electron chi connectivity index (χ1n) is 6.58. The molecule has 0 bridgehead atoms. The molecule has 18 heavy (non-hydrogen) atoms. The summed E-state index contributed by atoms with van der Waals surface area (Å²) in [5.41, 5.74) is -0.175. The Hall–Kier alpha value is -0.580. The summed E-state index contributed by atoms with van der Waals surface area (Å²) in [6.07, 6.45) is 6.28. The molecule has 0 aliphatic heterocycles. The maximum atomic E-state index is 9.62. The average Bonchev–Trinajstić information content (AvgIpc) is 2.73. The number of nitrogens with one attached hydrogen (secondary N) is 1. The summed E-state index contributed by atoms with van der Waals surface area (Å²) < 4.78 is 1.84. The standard InChI is InChI=1S/C13H24ClN3O/c1-4-13(10-18,16-11(2)3)6-5-7-17-9-12(14)8-15-17/h8-9,11,16,18H,4-7,10H2,1-3H3. The van der Waals surface area contributed by atoms with Crippen molar-refractivity contribution in [2.75, 3.05) is 6.61 Å². The van der Waals surface area contributed by atoms with E-state index in [0.717, 1.165) is 25.8 Å². The van der Waals surface area contributed by atoms with Crippen molar-refractivity contribution in [2.24, 2.45) is 0 Å². The number of halogens is 1. The number of rotatable bonds is 8. The Labute approximate surface area is 114 Å². The van der Waals surface area contributed by atoms with Crippen LogP contribution in [0, 0.1) is 0 Å². The summed E-state index contributed by atoms with van der Waals surface area (Å²) in [4.78, 5) is 0. The van der Waals surface area contributed by atoms with E-state index in [9.17, 15) is 5.11 Å². The molecule has 1 atom stereocenters. The van der Waals surface area contributed by atoms with Crippen molar-refractivity contribution in [3.05, 3.63) is 17.4 Å². The van der Waals surface area contributed by atoms with Gasteiger partial charge in [0.1, 0.15) is 0 Å². The smallest absolute Gasteiger partial charge is 0.0785 e. The van der Waals surface area contributed by atoms with E-state index >= 15 is 0 Å². The normalized spacial score (nSPS) is 15.0. The molecule has 0 fully saturated rings. The van der Waals surface area contributed by atoms with Crippen LogP contribution >= 0.6 is 11.6 Å². The minimum atomic E-state index is -0.175. The second-order valence-electron chi connectivity index (χ2n) is 5.12. The van der Waals surface area contributed by atoms with Crippen molar-refractivity contribution in [1.82, 2.24) is 15.1 Å². The molecule has 1 aromatic rings. The Balaban J connectivity index is 2.46. The van der Waals surface area contributed by atoms with Gasteiger partial charge in [-0.05, 0) is 19.3 Å². The lowest BCUT2D eigenvalue weighted by Gasteiger charge is -2.34. The molecule has 1 rings (SSSR count). The summed E-state index contributed by atoms with van der Waals surface area (Å²) in [5, 5.41) is 17.9. The zero-order chi connectivity index (χ0) is 13.6. The van der Waals surface area contributed by atoms with Crippen LogP contribution in [0.2, 0.25) is 5.02 Å². The molecule has 1 aromatic heterocycles. The van der Waals surface area contributed by atoms with Gasteiger partial charge in [-0.2, -0.15) is 5.10 Å². The molecule has 0 radical (unpaired) electrons. The topological polar surface area (TPSA) is 50.1 Å². The Morgan fingerprint density at radius 2 is 2.28 bits per heavy atom. The average molecular weight is 274 g/mol. The van der Waals surface area contributed by atoms with Crippen LogP contribution in [-0.2, 0) is 6.54 Å². The first-order valence-corrected chi connectivity index (χ1v) is 6.95. The van der Waals surface area contributed by atoms with Crippen LogP contribution in [-0.4, -0.2) is 33.1 Å². The summed E-state index contributed by atoms with van der Waals surface area (Å²) in [6.45, 7) is 7.31. The fourth-order valence-electron chi connectivity index (χ4n) is 2.24. The number of aryl methyl sites for hydroxylation is 1. The van der Waals surface area contributed by atoms with Gasteiger partial charge in [-0.1, -0.05) is 32.4 Å². The second kappa shape index (κ2) is 7.12. The minimum absolute atomic E-state index is 0.168. The SMILES string of the molecule is CCC(CO)(CCCn1cc(Cl)cn1)NC(C)C. The molecule has 0 saturated heterocycles. The molecule has 104 valence electrons. The van der Waals surface area contributed by atoms with Crippen molar-refractivity contribution >= 4 is 11.6 Å². The lowest BCUT2D eigenvalue weighted by molar-refractivity contribution is 0.133. The minimum Gasteiger partial charge on any atom is -0.394 e. The van der Waals surface area contributed by atoms with Crippen molar-refractivity contribution in [2.45, 2.75) is 58.2 Å². The lowest BCUT2D eigenvalue weighted by Crippen LogP contribution is -2.51. The number of aliphatic hydroxyl groups excluding tert-OH is 1. The van der Waals surface area contributed by atoms with Crippen LogP contribution in [0.25, 0.3) is 0 Å². The summed E-state index contributed by atoms with van der Waals surface area (Å²) in [5.74, 6) is 0. The van der Waals surface area contributed by atoms with Crippen LogP contribution in [0.3, 0.4) is 0 Å². The molecule has 1 heterocycles. The van der Waals surface area contributed by atoms with E-state index in [1.807, 2.05) is 10.9 Å². The monoisotopic (exact) mass is 273 g/mol. The van der Waals surface area contributed by atoms with Gasteiger partial charge in [-0.25, -0.2) is 0 Å². The lowest BCUT2D eigenvalue weighted by atomic mass is 9.90. The van der Waals surface area contributed by atoms with Gasteiger partial charge in [0.05, 0.1) is 17.8 Å². The van der Waals surface area contributed by atoms with E-state index in [0.29, 0.717) is 11.1 Å². The summed E-state index contributed by atoms with van der Waals surface area (Å²) >= 11 is 5.82.